The van der Waals surface area contributed by atoms with Gasteiger partial charge >= 0.3 is 5.97 Å². The first-order valence-corrected chi connectivity index (χ1v) is 4.94. The average molecular weight is 221 g/mol. The van der Waals surface area contributed by atoms with Gasteiger partial charge in [0.15, 0.2) is 0 Å². The molecule has 4 nitrogen and oxygen atoms in total. The van der Waals surface area contributed by atoms with Crippen LogP contribution in [-0.4, -0.2) is 25.4 Å². The molecule has 0 unspecified atom stereocenters. The van der Waals surface area contributed by atoms with Crippen LogP contribution in [0.1, 0.15) is 18.1 Å². The number of hydrogen-bond donors (Lipinski definition) is 0. The molecule has 0 heterocycles. The maximum Gasteiger partial charge on any atom is 0.303 e. The van der Waals surface area contributed by atoms with Crippen LogP contribution in [0.25, 0.3) is 0 Å². The highest BCUT2D eigenvalue weighted by molar-refractivity contribution is 6.01. The van der Waals surface area contributed by atoms with Gasteiger partial charge in [-0.25, -0.2) is 0 Å². The van der Waals surface area contributed by atoms with Gasteiger partial charge in [-0.05, 0) is 6.92 Å². The number of carbonyl (C=O) groups excluding carboxylic acids is 1. The zero-order valence-corrected chi connectivity index (χ0v) is 9.69. The van der Waals surface area contributed by atoms with Gasteiger partial charge in [0.1, 0.15) is 19.4 Å². The largest absolute Gasteiger partial charge is 0.459 e. The molecule has 0 aromatic heterocycles. The second-order valence-corrected chi connectivity index (χ2v) is 3.37. The highest BCUT2D eigenvalue weighted by Gasteiger charge is 2.06. The topological polar surface area (TPSA) is 47.9 Å². The predicted octanol–water partition coefficient (Wildman–Crippen LogP) is 1.91. The van der Waals surface area contributed by atoms with Gasteiger partial charge in [-0.1, -0.05) is 35.0 Å². The van der Waals surface area contributed by atoms with Crippen LogP contribution in [0.4, 0.5) is 0 Å². The number of benzene rings is 1. The van der Waals surface area contributed by atoms with Crippen LogP contribution in [0.5, 0.6) is 0 Å². The van der Waals surface area contributed by atoms with Crippen LogP contribution in [-0.2, 0) is 14.4 Å². The molecule has 0 bridgehead atoms. The molecule has 0 amide bonds. The Morgan fingerprint density at radius 2 is 1.94 bits per heavy atom. The zero-order valence-electron chi connectivity index (χ0n) is 9.69. The molecule has 0 spiro atoms. The standard InChI is InChI=1S/C12H15NO3/c1-9-4-6-11(7-5-9)12(13-15-3)8-16-10(2)14/h4-7H,8H2,1-3H3/b13-12-. The van der Waals surface area contributed by atoms with Gasteiger partial charge in [0.25, 0.3) is 0 Å². The molecule has 4 heteroatoms. The smallest absolute Gasteiger partial charge is 0.303 e. The normalized spacial score (nSPS) is 11.1. The second kappa shape index (κ2) is 5.90. The first-order valence-electron chi connectivity index (χ1n) is 4.94. The zero-order chi connectivity index (χ0) is 12.0. The van der Waals surface area contributed by atoms with Crippen LogP contribution >= 0.6 is 0 Å². The van der Waals surface area contributed by atoms with Gasteiger partial charge in [0.2, 0.25) is 0 Å². The molecule has 86 valence electrons. The van der Waals surface area contributed by atoms with Crippen molar-refractivity contribution in [2.45, 2.75) is 13.8 Å². The van der Waals surface area contributed by atoms with E-state index in [0.717, 1.165) is 11.1 Å². The first-order chi connectivity index (χ1) is 7.63. The third-order valence-corrected chi connectivity index (χ3v) is 2.00. The number of ether oxygens (including phenoxy) is 1. The molecule has 0 aliphatic carbocycles. The molecule has 16 heavy (non-hydrogen) atoms. The van der Waals surface area contributed by atoms with Crippen LogP contribution < -0.4 is 0 Å². The van der Waals surface area contributed by atoms with E-state index in [9.17, 15) is 4.79 Å². The lowest BCUT2D eigenvalue weighted by molar-refractivity contribution is -0.139. The molecule has 0 aliphatic heterocycles. The quantitative estimate of drug-likeness (QED) is 0.443. The molecule has 0 saturated heterocycles. The summed E-state index contributed by atoms with van der Waals surface area (Å²) >= 11 is 0. The fraction of sp³-hybridized carbons (Fsp3) is 0.333. The summed E-state index contributed by atoms with van der Waals surface area (Å²) in [5, 5.41) is 3.84. The lowest BCUT2D eigenvalue weighted by Crippen LogP contribution is -2.13. The van der Waals surface area contributed by atoms with E-state index in [1.165, 1.54) is 14.0 Å². The summed E-state index contributed by atoms with van der Waals surface area (Å²) in [5.41, 5.74) is 2.64. The van der Waals surface area contributed by atoms with Crippen molar-refractivity contribution in [3.8, 4) is 0 Å². The summed E-state index contributed by atoms with van der Waals surface area (Å²) in [4.78, 5) is 15.4. The highest BCUT2D eigenvalue weighted by Crippen LogP contribution is 2.05. The van der Waals surface area contributed by atoms with Crippen LogP contribution in [0.15, 0.2) is 29.4 Å². The van der Waals surface area contributed by atoms with Gasteiger partial charge in [0.05, 0.1) is 0 Å². The van der Waals surface area contributed by atoms with E-state index in [1.54, 1.807) is 0 Å². The molecule has 1 aromatic rings. The fourth-order valence-electron chi connectivity index (χ4n) is 1.19. The molecule has 0 radical (unpaired) electrons. The Kier molecular flexibility index (Phi) is 4.51. The number of hydrogen-bond acceptors (Lipinski definition) is 4. The number of nitrogens with zero attached hydrogens (tertiary/aromatic N) is 1. The van der Waals surface area contributed by atoms with Crippen LogP contribution in [0.3, 0.4) is 0 Å². The number of esters is 1. The highest BCUT2D eigenvalue weighted by atomic mass is 16.6. The van der Waals surface area contributed by atoms with Gasteiger partial charge in [-0.3, -0.25) is 4.79 Å². The van der Waals surface area contributed by atoms with Crippen molar-refractivity contribution in [2.75, 3.05) is 13.7 Å². The molecular formula is C12H15NO3. The summed E-state index contributed by atoms with van der Waals surface area (Å²) in [5.74, 6) is -0.337. The van der Waals surface area contributed by atoms with E-state index in [4.69, 9.17) is 9.57 Å². The summed E-state index contributed by atoms with van der Waals surface area (Å²) in [7, 11) is 1.46. The summed E-state index contributed by atoms with van der Waals surface area (Å²) < 4.78 is 4.89. The molecule has 0 fully saturated rings. The van der Waals surface area contributed by atoms with E-state index in [-0.39, 0.29) is 12.6 Å². The van der Waals surface area contributed by atoms with Gasteiger partial charge < -0.3 is 9.57 Å². The van der Waals surface area contributed by atoms with Crippen molar-refractivity contribution in [1.82, 2.24) is 0 Å². The van der Waals surface area contributed by atoms with Crippen molar-refractivity contribution < 1.29 is 14.4 Å². The molecular weight excluding hydrogens is 206 g/mol. The Morgan fingerprint density at radius 1 is 1.31 bits per heavy atom. The molecule has 0 N–H and O–H groups in total. The number of carbonyl (C=O) groups is 1. The van der Waals surface area contributed by atoms with Gasteiger partial charge in [0, 0.05) is 12.5 Å². The molecule has 1 rings (SSSR count). The number of rotatable bonds is 4. The Hall–Kier alpha value is -1.84. The van der Waals surface area contributed by atoms with Crippen molar-refractivity contribution in [3.63, 3.8) is 0 Å². The summed E-state index contributed by atoms with van der Waals surface area (Å²) in [6, 6.07) is 7.76. The van der Waals surface area contributed by atoms with E-state index in [2.05, 4.69) is 5.16 Å². The molecule has 1 aromatic carbocycles. The minimum Gasteiger partial charge on any atom is -0.459 e. The minimum absolute atomic E-state index is 0.117. The van der Waals surface area contributed by atoms with E-state index in [0.29, 0.717) is 5.71 Å². The Bertz CT molecular complexity index is 382. The minimum atomic E-state index is -0.337. The van der Waals surface area contributed by atoms with Gasteiger partial charge in [-0.2, -0.15) is 0 Å². The third-order valence-electron chi connectivity index (χ3n) is 2.00. The fourth-order valence-corrected chi connectivity index (χ4v) is 1.19. The average Bonchev–Trinajstić information content (AvgIpc) is 2.25. The van der Waals surface area contributed by atoms with E-state index in [1.807, 2.05) is 31.2 Å². The molecule has 0 saturated carbocycles. The lowest BCUT2D eigenvalue weighted by Gasteiger charge is -2.06. The van der Waals surface area contributed by atoms with Crippen molar-refractivity contribution >= 4 is 11.7 Å². The maximum absolute atomic E-state index is 10.7. The predicted molar refractivity (Wildman–Crippen MR) is 61.4 cm³/mol. The van der Waals surface area contributed by atoms with Crippen molar-refractivity contribution in [1.29, 1.82) is 0 Å². The molecule has 0 atom stereocenters. The Morgan fingerprint density at radius 3 is 2.44 bits per heavy atom. The Labute approximate surface area is 94.9 Å². The van der Waals surface area contributed by atoms with E-state index < -0.39 is 0 Å². The third kappa shape index (κ3) is 3.73. The van der Waals surface area contributed by atoms with Crippen LogP contribution in [0, 0.1) is 6.92 Å². The van der Waals surface area contributed by atoms with Gasteiger partial charge in [-0.15, -0.1) is 0 Å². The van der Waals surface area contributed by atoms with Crippen molar-refractivity contribution in [2.24, 2.45) is 5.16 Å². The maximum atomic E-state index is 10.7. The van der Waals surface area contributed by atoms with E-state index >= 15 is 0 Å². The lowest BCUT2D eigenvalue weighted by atomic mass is 10.1. The summed E-state index contributed by atoms with van der Waals surface area (Å²) in [6.45, 7) is 3.48. The molecule has 0 aliphatic rings. The first kappa shape index (κ1) is 12.2. The SMILES string of the molecule is CO/N=C(/COC(C)=O)c1ccc(C)cc1. The number of oxime groups is 1. The summed E-state index contributed by atoms with van der Waals surface area (Å²) in [6.07, 6.45) is 0. The van der Waals surface area contributed by atoms with Crippen LogP contribution in [0.2, 0.25) is 0 Å². The monoisotopic (exact) mass is 221 g/mol. The Balaban J connectivity index is 2.81. The van der Waals surface area contributed by atoms with Crippen molar-refractivity contribution in [3.05, 3.63) is 35.4 Å². The number of aryl methyl sites for hydroxylation is 1. The second-order valence-electron chi connectivity index (χ2n) is 3.37.